The summed E-state index contributed by atoms with van der Waals surface area (Å²) in [6.45, 7) is 0. The fraction of sp³-hybridized carbons (Fsp3) is 0.929. The van der Waals surface area contributed by atoms with Gasteiger partial charge < -0.3 is 10.1 Å². The molecular weight excluding hydrogens is 214 g/mol. The van der Waals surface area contributed by atoms with Gasteiger partial charge >= 0.3 is 5.97 Å². The highest BCUT2D eigenvalue weighted by molar-refractivity contribution is 5.71. The number of hydrogen-bond donors (Lipinski definition) is 1. The molecular formula is C14H23NO2. The summed E-state index contributed by atoms with van der Waals surface area (Å²) in [6, 6.07) is 0. The Morgan fingerprint density at radius 3 is 2.12 bits per heavy atom. The summed E-state index contributed by atoms with van der Waals surface area (Å²) in [5, 5.41) is 3.52. The van der Waals surface area contributed by atoms with Crippen molar-refractivity contribution in [2.45, 2.75) is 44.1 Å². The van der Waals surface area contributed by atoms with Crippen molar-refractivity contribution in [3.05, 3.63) is 0 Å². The minimum absolute atomic E-state index is 0.0422. The average molecular weight is 237 g/mol. The number of carbonyl (C=O) groups excluding carboxylic acids is 1. The number of rotatable bonds is 3. The molecule has 4 fully saturated rings. The highest BCUT2D eigenvalue weighted by atomic mass is 16.5. The zero-order valence-electron chi connectivity index (χ0n) is 10.9. The first kappa shape index (κ1) is 11.5. The number of carbonyl (C=O) groups is 1. The molecule has 0 spiro atoms. The van der Waals surface area contributed by atoms with Crippen molar-refractivity contribution < 1.29 is 9.53 Å². The zero-order valence-corrected chi connectivity index (χ0v) is 10.9. The van der Waals surface area contributed by atoms with Crippen molar-refractivity contribution in [3.63, 3.8) is 0 Å². The molecule has 0 atom stereocenters. The summed E-state index contributed by atoms with van der Waals surface area (Å²) in [4.78, 5) is 11.7. The molecule has 0 aromatic rings. The quantitative estimate of drug-likeness (QED) is 0.763. The van der Waals surface area contributed by atoms with Gasteiger partial charge in [0.15, 0.2) is 0 Å². The fourth-order valence-electron chi connectivity index (χ4n) is 5.12. The summed E-state index contributed by atoms with van der Waals surface area (Å²) >= 11 is 0. The van der Waals surface area contributed by atoms with Crippen LogP contribution in [0.25, 0.3) is 0 Å². The molecule has 0 amide bonds. The lowest BCUT2D eigenvalue weighted by atomic mass is 9.48. The minimum Gasteiger partial charge on any atom is -0.469 e. The third-order valence-electron chi connectivity index (χ3n) is 5.73. The smallest absolute Gasteiger partial charge is 0.307 e. The average Bonchev–Trinajstić information content (AvgIpc) is 2.33. The Kier molecular flexibility index (Phi) is 2.69. The van der Waals surface area contributed by atoms with E-state index in [0.717, 1.165) is 11.8 Å². The molecule has 0 aromatic heterocycles. The van der Waals surface area contributed by atoms with Crippen LogP contribution < -0.4 is 5.32 Å². The van der Waals surface area contributed by atoms with E-state index in [1.807, 2.05) is 7.05 Å². The second kappa shape index (κ2) is 3.98. The SMILES string of the molecule is CNC1(CC(=O)OC)C2CC3CC(C2)CC1C3. The molecule has 0 aliphatic heterocycles. The molecule has 0 aromatic carbocycles. The van der Waals surface area contributed by atoms with E-state index in [2.05, 4.69) is 5.32 Å². The van der Waals surface area contributed by atoms with Crippen LogP contribution in [0.4, 0.5) is 0 Å². The molecule has 4 bridgehead atoms. The molecule has 4 aliphatic carbocycles. The Morgan fingerprint density at radius 1 is 1.18 bits per heavy atom. The van der Waals surface area contributed by atoms with Crippen molar-refractivity contribution >= 4 is 5.97 Å². The van der Waals surface area contributed by atoms with Gasteiger partial charge in [0.25, 0.3) is 0 Å². The van der Waals surface area contributed by atoms with Gasteiger partial charge in [0.1, 0.15) is 0 Å². The normalized spacial score (nSPS) is 47.2. The van der Waals surface area contributed by atoms with E-state index in [1.54, 1.807) is 0 Å². The number of methoxy groups -OCH3 is 1. The zero-order chi connectivity index (χ0) is 12.0. The lowest BCUT2D eigenvalue weighted by Crippen LogP contribution is -2.64. The Labute approximate surface area is 103 Å². The van der Waals surface area contributed by atoms with E-state index in [9.17, 15) is 4.79 Å². The maximum atomic E-state index is 11.7. The van der Waals surface area contributed by atoms with Crippen LogP contribution in [0.15, 0.2) is 0 Å². The highest BCUT2D eigenvalue weighted by Gasteiger charge is 2.57. The maximum Gasteiger partial charge on any atom is 0.307 e. The lowest BCUT2D eigenvalue weighted by molar-refractivity contribution is -0.149. The lowest BCUT2D eigenvalue weighted by Gasteiger charge is -2.61. The van der Waals surface area contributed by atoms with Crippen molar-refractivity contribution in [1.82, 2.24) is 5.32 Å². The number of esters is 1. The van der Waals surface area contributed by atoms with Crippen LogP contribution in [0.2, 0.25) is 0 Å². The van der Waals surface area contributed by atoms with Gasteiger partial charge in [-0.2, -0.15) is 0 Å². The molecule has 4 saturated carbocycles. The first-order valence-corrected chi connectivity index (χ1v) is 6.93. The van der Waals surface area contributed by atoms with E-state index < -0.39 is 0 Å². The van der Waals surface area contributed by atoms with Gasteiger partial charge in [-0.25, -0.2) is 0 Å². The van der Waals surface area contributed by atoms with Gasteiger partial charge in [0.2, 0.25) is 0 Å². The fourth-order valence-corrected chi connectivity index (χ4v) is 5.12. The van der Waals surface area contributed by atoms with Crippen LogP contribution in [-0.2, 0) is 9.53 Å². The van der Waals surface area contributed by atoms with E-state index in [-0.39, 0.29) is 11.5 Å². The van der Waals surface area contributed by atoms with Crippen LogP contribution in [0.3, 0.4) is 0 Å². The topological polar surface area (TPSA) is 38.3 Å². The summed E-state index contributed by atoms with van der Waals surface area (Å²) < 4.78 is 4.90. The number of nitrogens with one attached hydrogen (secondary N) is 1. The predicted molar refractivity (Wildman–Crippen MR) is 65.5 cm³/mol. The molecule has 0 heterocycles. The summed E-state index contributed by atoms with van der Waals surface area (Å²) in [6.07, 6.45) is 7.31. The number of hydrogen-bond acceptors (Lipinski definition) is 3. The Hall–Kier alpha value is -0.570. The second-order valence-electron chi connectivity index (χ2n) is 6.35. The second-order valence-corrected chi connectivity index (χ2v) is 6.35. The van der Waals surface area contributed by atoms with E-state index in [1.165, 1.54) is 39.2 Å². The van der Waals surface area contributed by atoms with E-state index in [0.29, 0.717) is 18.3 Å². The van der Waals surface area contributed by atoms with Gasteiger partial charge in [0, 0.05) is 5.54 Å². The third-order valence-corrected chi connectivity index (χ3v) is 5.73. The highest BCUT2D eigenvalue weighted by Crippen LogP contribution is 2.59. The first-order chi connectivity index (χ1) is 8.18. The minimum atomic E-state index is -0.0492. The van der Waals surface area contributed by atoms with Gasteiger partial charge in [0.05, 0.1) is 13.5 Å². The monoisotopic (exact) mass is 237 g/mol. The van der Waals surface area contributed by atoms with Gasteiger partial charge in [-0.3, -0.25) is 4.79 Å². The standard InChI is InChI=1S/C14H23NO2/c1-15-14(8-13(16)17-2)11-4-9-3-10(6-11)7-12(14)5-9/h9-12,15H,3-8H2,1-2H3. The van der Waals surface area contributed by atoms with Crippen molar-refractivity contribution in [2.75, 3.05) is 14.2 Å². The van der Waals surface area contributed by atoms with Gasteiger partial charge in [-0.1, -0.05) is 0 Å². The largest absolute Gasteiger partial charge is 0.469 e. The molecule has 0 radical (unpaired) electrons. The molecule has 0 saturated heterocycles. The number of ether oxygens (including phenoxy) is 1. The Morgan fingerprint density at radius 2 is 1.71 bits per heavy atom. The van der Waals surface area contributed by atoms with Crippen LogP contribution in [-0.4, -0.2) is 25.7 Å². The summed E-state index contributed by atoms with van der Waals surface area (Å²) in [5.74, 6) is 3.23. The van der Waals surface area contributed by atoms with Crippen molar-refractivity contribution in [1.29, 1.82) is 0 Å². The molecule has 3 nitrogen and oxygen atoms in total. The van der Waals surface area contributed by atoms with Crippen LogP contribution in [0.5, 0.6) is 0 Å². The molecule has 3 heteroatoms. The molecule has 0 unspecified atom stereocenters. The van der Waals surface area contributed by atoms with Crippen LogP contribution in [0.1, 0.15) is 38.5 Å². The van der Waals surface area contributed by atoms with Gasteiger partial charge in [-0.05, 0) is 62.8 Å². The summed E-state index contributed by atoms with van der Waals surface area (Å²) in [7, 11) is 3.53. The van der Waals surface area contributed by atoms with Gasteiger partial charge in [-0.15, -0.1) is 0 Å². The Balaban J connectivity index is 1.86. The molecule has 1 N–H and O–H groups in total. The maximum absolute atomic E-state index is 11.7. The Bertz CT molecular complexity index is 298. The third kappa shape index (κ3) is 1.62. The summed E-state index contributed by atoms with van der Waals surface area (Å²) in [5.41, 5.74) is 0.0422. The first-order valence-electron chi connectivity index (χ1n) is 6.93. The predicted octanol–water partition coefficient (Wildman–Crippen LogP) is 1.96. The van der Waals surface area contributed by atoms with Crippen LogP contribution >= 0.6 is 0 Å². The van der Waals surface area contributed by atoms with E-state index >= 15 is 0 Å². The molecule has 4 aliphatic rings. The molecule has 96 valence electrons. The molecule has 4 rings (SSSR count). The van der Waals surface area contributed by atoms with Crippen molar-refractivity contribution in [3.8, 4) is 0 Å². The van der Waals surface area contributed by atoms with E-state index in [4.69, 9.17) is 4.74 Å². The van der Waals surface area contributed by atoms with Crippen molar-refractivity contribution in [2.24, 2.45) is 23.7 Å². The molecule has 17 heavy (non-hydrogen) atoms. The van der Waals surface area contributed by atoms with Crippen LogP contribution in [0, 0.1) is 23.7 Å².